The zero-order valence-electron chi connectivity index (χ0n) is 8.24. The minimum atomic E-state index is -6.08. The molecule has 0 aromatic carbocycles. The minimum absolute atomic E-state index is 0.370. The molecular weight excluding hydrogens is 290 g/mol. The zero-order chi connectivity index (χ0) is 14.2. The molecule has 0 aliphatic rings. The first-order chi connectivity index (χ1) is 8.05. The van der Waals surface area contributed by atoms with Crippen LogP contribution in [0.2, 0.25) is 0 Å². The van der Waals surface area contributed by atoms with Gasteiger partial charge < -0.3 is 0 Å². The van der Waals surface area contributed by atoms with Crippen LogP contribution in [0.25, 0.3) is 0 Å². The van der Waals surface area contributed by atoms with Crippen molar-refractivity contribution in [3.63, 3.8) is 0 Å². The van der Waals surface area contributed by atoms with Gasteiger partial charge >= 0.3 is 23.9 Å². The average molecular weight is 295 g/mol. The van der Waals surface area contributed by atoms with Gasteiger partial charge in [-0.3, -0.25) is 4.55 Å². The largest absolute Gasteiger partial charge is 0.590 e. The molecule has 4 nitrogen and oxygen atoms in total. The highest BCUT2D eigenvalue weighted by atomic mass is 32.2. The van der Waals surface area contributed by atoms with Crippen molar-refractivity contribution in [1.29, 1.82) is 0 Å². The molecule has 1 heterocycles. The fraction of sp³-hybridized carbons (Fsp3) is 0.286. The van der Waals surface area contributed by atoms with Gasteiger partial charge in [0.1, 0.15) is 0 Å². The monoisotopic (exact) mass is 295 g/mol. The first-order valence-corrected chi connectivity index (χ1v) is 5.17. The van der Waals surface area contributed by atoms with Crippen LogP contribution in [0.1, 0.15) is 0 Å². The summed E-state index contributed by atoms with van der Waals surface area (Å²) in [5, 5.41) is 0. The van der Waals surface area contributed by atoms with E-state index in [0.29, 0.717) is 12.3 Å². The first kappa shape index (κ1) is 14.9. The lowest BCUT2D eigenvalue weighted by molar-refractivity contribution is -0.327. The summed E-state index contributed by atoms with van der Waals surface area (Å²) < 4.78 is 91.2. The van der Waals surface area contributed by atoms with E-state index in [1.807, 2.05) is 0 Å². The Hall–Kier alpha value is -1.20. The quantitative estimate of drug-likeness (QED) is 0.395. The highest BCUT2D eigenvalue weighted by molar-refractivity contribution is 7.78. The Kier molecular flexibility index (Phi) is 3.70. The summed E-state index contributed by atoms with van der Waals surface area (Å²) in [6, 6.07) is 2.29. The summed E-state index contributed by atoms with van der Waals surface area (Å²) in [4.78, 5) is 2.88. The molecule has 1 unspecified atom stereocenters. The summed E-state index contributed by atoms with van der Waals surface area (Å²) in [7, 11) is 0. The van der Waals surface area contributed by atoms with E-state index in [0.717, 1.165) is 12.1 Å². The Bertz CT molecular complexity index is 431. The Morgan fingerprint density at radius 1 is 1.11 bits per heavy atom. The van der Waals surface area contributed by atoms with Crippen molar-refractivity contribution in [3.8, 4) is 0 Å². The molecule has 0 saturated heterocycles. The Morgan fingerprint density at radius 3 is 1.89 bits per heavy atom. The molecular formula is C7H5F6N2O2S+. The highest BCUT2D eigenvalue weighted by Gasteiger charge is 2.79. The second kappa shape index (κ2) is 4.48. The van der Waals surface area contributed by atoms with Crippen LogP contribution in [0.15, 0.2) is 24.4 Å². The van der Waals surface area contributed by atoms with E-state index in [2.05, 4.69) is 4.98 Å². The maximum Gasteiger partial charge on any atom is 0.590 e. The molecule has 0 radical (unpaired) electrons. The number of nitrogens with zero attached hydrogens (tertiary/aromatic N) is 2. The van der Waals surface area contributed by atoms with Crippen molar-refractivity contribution < 1.29 is 35.1 Å². The Balaban J connectivity index is 3.67. The van der Waals surface area contributed by atoms with Crippen LogP contribution in [-0.2, 0) is 11.3 Å². The van der Waals surface area contributed by atoms with Gasteiger partial charge in [0, 0.05) is 16.2 Å². The topological polar surface area (TPSA) is 50.2 Å². The molecule has 0 spiro atoms. The van der Waals surface area contributed by atoms with Gasteiger partial charge in [-0.15, -0.1) is 26.3 Å². The van der Waals surface area contributed by atoms with Crippen LogP contribution < -0.4 is 3.89 Å². The van der Waals surface area contributed by atoms with E-state index in [1.165, 1.54) is 0 Å². The molecule has 1 atom stereocenters. The fourth-order valence-electron chi connectivity index (χ4n) is 1.20. The van der Waals surface area contributed by atoms with E-state index in [9.17, 15) is 30.6 Å². The smallest absolute Gasteiger partial charge is 0.260 e. The van der Waals surface area contributed by atoms with Crippen molar-refractivity contribution >= 4 is 17.1 Å². The number of pyridine rings is 1. The lowest BCUT2D eigenvalue weighted by atomic mass is 10.4. The van der Waals surface area contributed by atoms with Crippen LogP contribution in [-0.4, -0.2) is 26.3 Å². The maximum absolute atomic E-state index is 12.7. The Labute approximate surface area is 98.9 Å². The molecule has 0 bridgehead atoms. The first-order valence-electron chi connectivity index (χ1n) is 4.11. The number of hydrogen-bond acceptors (Lipinski definition) is 2. The molecule has 0 amide bonds. The van der Waals surface area contributed by atoms with Crippen LogP contribution in [0.5, 0.6) is 0 Å². The molecule has 18 heavy (non-hydrogen) atoms. The molecule has 11 heteroatoms. The number of rotatable bonds is 2. The van der Waals surface area contributed by atoms with Crippen molar-refractivity contribution in [3.05, 3.63) is 24.4 Å². The second-order valence-corrected chi connectivity index (χ2v) is 3.97. The molecule has 0 fully saturated rings. The predicted molar refractivity (Wildman–Crippen MR) is 48.9 cm³/mol. The van der Waals surface area contributed by atoms with Gasteiger partial charge in [-0.05, 0) is 6.07 Å². The normalized spacial score (nSPS) is 15.5. The van der Waals surface area contributed by atoms with Gasteiger partial charge in [0.05, 0.1) is 0 Å². The van der Waals surface area contributed by atoms with Gasteiger partial charge in [-0.25, -0.2) is 4.98 Å². The third kappa shape index (κ3) is 2.08. The second-order valence-electron chi connectivity index (χ2n) is 2.96. The zero-order valence-corrected chi connectivity index (χ0v) is 9.05. The molecule has 1 N–H and O–H groups in total. The van der Waals surface area contributed by atoms with Crippen molar-refractivity contribution in [2.24, 2.45) is 0 Å². The molecule has 1 aromatic rings. The molecule has 0 aliphatic heterocycles. The van der Waals surface area contributed by atoms with E-state index < -0.39 is 33.6 Å². The number of alkyl halides is 6. The molecule has 1 rings (SSSR count). The van der Waals surface area contributed by atoms with Crippen LogP contribution >= 0.6 is 0 Å². The van der Waals surface area contributed by atoms with Gasteiger partial charge in [0.25, 0.3) is 5.82 Å². The summed E-state index contributed by atoms with van der Waals surface area (Å²) in [6.45, 7) is 0. The third-order valence-electron chi connectivity index (χ3n) is 1.92. The van der Waals surface area contributed by atoms with E-state index in [1.54, 1.807) is 0 Å². The van der Waals surface area contributed by atoms with Gasteiger partial charge in [0.2, 0.25) is 0 Å². The standard InChI is InChI=1S/C7H4F6N2O2S/c8-6(9,10)15(18(16)17,7(11,12)13)5-3-1-2-4-14-5/h1-4H/p+1. The number of hydrogen-bond donors (Lipinski definition) is 1. The molecule has 0 aliphatic carbocycles. The van der Waals surface area contributed by atoms with Crippen molar-refractivity contribution in [1.82, 2.24) is 8.87 Å². The van der Waals surface area contributed by atoms with E-state index >= 15 is 0 Å². The summed E-state index contributed by atoms with van der Waals surface area (Å²) >= 11 is -4.33. The lowest BCUT2D eigenvalue weighted by Crippen LogP contribution is -2.68. The lowest BCUT2D eigenvalue weighted by Gasteiger charge is -2.32. The van der Waals surface area contributed by atoms with E-state index in [4.69, 9.17) is 4.55 Å². The van der Waals surface area contributed by atoms with Gasteiger partial charge in [-0.1, -0.05) is 6.07 Å². The molecule has 102 valence electrons. The number of aromatic nitrogens is 1. The number of quaternary nitrogens is 1. The fourth-order valence-corrected chi connectivity index (χ4v) is 1.82. The molecule has 0 saturated carbocycles. The summed E-state index contributed by atoms with van der Waals surface area (Å²) in [5.74, 6) is -1.64. The van der Waals surface area contributed by atoms with Crippen LogP contribution in [0.4, 0.5) is 32.2 Å². The highest BCUT2D eigenvalue weighted by Crippen LogP contribution is 2.47. The molecule has 1 aromatic heterocycles. The average Bonchev–Trinajstić information content (AvgIpc) is 2.14. The van der Waals surface area contributed by atoms with Gasteiger partial charge in [0.15, 0.2) is 0 Å². The Morgan fingerprint density at radius 2 is 1.61 bits per heavy atom. The summed E-state index contributed by atoms with van der Waals surface area (Å²) in [6.07, 6.45) is -11.5. The maximum atomic E-state index is 12.7. The van der Waals surface area contributed by atoms with Crippen molar-refractivity contribution in [2.45, 2.75) is 12.6 Å². The van der Waals surface area contributed by atoms with Crippen molar-refractivity contribution in [2.75, 3.05) is 0 Å². The predicted octanol–water partition coefficient (Wildman–Crippen LogP) is 2.57. The van der Waals surface area contributed by atoms with Crippen LogP contribution in [0.3, 0.4) is 0 Å². The SMILES string of the molecule is O=S(O)[N+](c1ccccn1)(C(F)(F)F)C(F)(F)F. The van der Waals surface area contributed by atoms with Gasteiger partial charge in [-0.2, -0.15) is 4.21 Å². The van der Waals surface area contributed by atoms with Crippen LogP contribution in [0, 0.1) is 0 Å². The summed E-state index contributed by atoms with van der Waals surface area (Å²) in [5.41, 5.74) is 0. The third-order valence-corrected chi connectivity index (χ3v) is 2.99. The number of halogens is 6. The van der Waals surface area contributed by atoms with E-state index in [-0.39, 0.29) is 0 Å². The minimum Gasteiger partial charge on any atom is -0.260 e.